The number of anilines is 1. The van der Waals surface area contributed by atoms with Crippen molar-refractivity contribution in [2.24, 2.45) is 0 Å². The Hall–Kier alpha value is -2.68. The highest BCUT2D eigenvalue weighted by atomic mass is 35.5. The summed E-state index contributed by atoms with van der Waals surface area (Å²) in [5.41, 5.74) is 0.0894. The van der Waals surface area contributed by atoms with Crippen LogP contribution in [0, 0.1) is 34.0 Å². The number of allylic oxidation sites excluding steroid dienone is 2. The van der Waals surface area contributed by atoms with Gasteiger partial charge in [-0.1, -0.05) is 11.6 Å². The van der Waals surface area contributed by atoms with Crippen molar-refractivity contribution in [1.82, 2.24) is 0 Å². The van der Waals surface area contributed by atoms with E-state index in [1.54, 1.807) is 36.4 Å². The predicted molar refractivity (Wildman–Crippen MR) is 65.5 cm³/mol. The number of halogens is 1. The van der Waals surface area contributed by atoms with E-state index in [1.807, 2.05) is 0 Å². The van der Waals surface area contributed by atoms with E-state index in [1.165, 1.54) is 7.11 Å². The van der Waals surface area contributed by atoms with E-state index >= 15 is 0 Å². The molecule has 0 atom stereocenters. The lowest BCUT2D eigenvalue weighted by Crippen LogP contribution is -2.00. The fourth-order valence-corrected chi connectivity index (χ4v) is 1.36. The van der Waals surface area contributed by atoms with Crippen LogP contribution in [0.2, 0.25) is 5.02 Å². The summed E-state index contributed by atoms with van der Waals surface area (Å²) < 4.78 is 5.01. The second kappa shape index (κ2) is 6.15. The van der Waals surface area contributed by atoms with E-state index in [0.29, 0.717) is 16.5 Å². The number of rotatable bonds is 3. The monoisotopic (exact) mass is 258 g/mol. The fraction of sp³-hybridized carbons (Fsp3) is 0.0833. The maximum Gasteiger partial charge on any atom is 0.163 e. The van der Waals surface area contributed by atoms with Crippen LogP contribution < -0.4 is 10.1 Å². The number of methoxy groups -OCH3 is 1. The van der Waals surface area contributed by atoms with Crippen molar-refractivity contribution < 1.29 is 4.74 Å². The average Bonchev–Trinajstić information content (AvgIpc) is 2.40. The molecule has 0 radical (unpaired) electrons. The molecular weight excluding hydrogens is 252 g/mol. The van der Waals surface area contributed by atoms with Crippen molar-refractivity contribution in [1.29, 1.82) is 15.8 Å². The lowest BCUT2D eigenvalue weighted by Gasteiger charge is -2.08. The Balaban J connectivity index is 3.13. The quantitative estimate of drug-likeness (QED) is 0.841. The molecule has 0 aliphatic carbocycles. The van der Waals surface area contributed by atoms with Gasteiger partial charge in [0.2, 0.25) is 0 Å². The van der Waals surface area contributed by atoms with Crippen molar-refractivity contribution in [3.63, 3.8) is 0 Å². The zero-order chi connectivity index (χ0) is 13.5. The van der Waals surface area contributed by atoms with Crippen molar-refractivity contribution in [3.8, 4) is 24.0 Å². The molecule has 0 saturated carbocycles. The number of hydrogen-bond acceptors (Lipinski definition) is 5. The number of nitrogens with zero attached hydrogens (tertiary/aromatic N) is 3. The Kier molecular flexibility index (Phi) is 4.58. The van der Waals surface area contributed by atoms with Crippen molar-refractivity contribution in [2.45, 2.75) is 0 Å². The van der Waals surface area contributed by atoms with Crippen LogP contribution in [0.1, 0.15) is 0 Å². The molecule has 1 N–H and O–H groups in total. The van der Waals surface area contributed by atoms with Crippen LogP contribution in [0.5, 0.6) is 5.75 Å². The largest absolute Gasteiger partial charge is 0.495 e. The van der Waals surface area contributed by atoms with Gasteiger partial charge in [-0.2, -0.15) is 15.8 Å². The zero-order valence-corrected chi connectivity index (χ0v) is 10.1. The highest BCUT2D eigenvalue weighted by molar-refractivity contribution is 6.32. The van der Waals surface area contributed by atoms with Crippen LogP contribution in [0.3, 0.4) is 0 Å². The molecule has 0 aromatic heterocycles. The van der Waals surface area contributed by atoms with Gasteiger partial charge in [0.1, 0.15) is 29.7 Å². The zero-order valence-electron chi connectivity index (χ0n) is 9.36. The van der Waals surface area contributed by atoms with Gasteiger partial charge in [0.05, 0.1) is 12.1 Å². The summed E-state index contributed by atoms with van der Waals surface area (Å²) >= 11 is 5.85. The number of hydrogen-bond donors (Lipinski definition) is 1. The molecule has 6 heteroatoms. The van der Waals surface area contributed by atoms with E-state index in [-0.39, 0.29) is 11.3 Å². The van der Waals surface area contributed by atoms with Gasteiger partial charge in [0.25, 0.3) is 0 Å². The molecule has 0 amide bonds. The Morgan fingerprint density at radius 1 is 1.22 bits per heavy atom. The molecule has 18 heavy (non-hydrogen) atoms. The molecule has 0 aliphatic rings. The lowest BCUT2D eigenvalue weighted by molar-refractivity contribution is 0.415. The maximum absolute atomic E-state index is 8.87. The molecule has 1 aromatic carbocycles. The molecule has 0 heterocycles. The summed E-state index contributed by atoms with van der Waals surface area (Å²) in [7, 11) is 1.46. The minimum Gasteiger partial charge on any atom is -0.495 e. The average molecular weight is 259 g/mol. The summed E-state index contributed by atoms with van der Waals surface area (Å²) in [6.07, 6.45) is 0. The summed E-state index contributed by atoms with van der Waals surface area (Å²) in [6.45, 7) is 0. The van der Waals surface area contributed by atoms with Gasteiger partial charge >= 0.3 is 0 Å². The van der Waals surface area contributed by atoms with Gasteiger partial charge in [-0.05, 0) is 12.1 Å². The van der Waals surface area contributed by atoms with Crippen LogP contribution in [0.25, 0.3) is 0 Å². The summed E-state index contributed by atoms with van der Waals surface area (Å²) in [6, 6.07) is 9.78. The molecule has 0 spiro atoms. The Morgan fingerprint density at radius 3 is 2.39 bits per heavy atom. The molecule has 0 unspecified atom stereocenters. The molecular formula is C12H7ClN4O. The molecule has 1 rings (SSSR count). The highest BCUT2D eigenvalue weighted by Crippen LogP contribution is 2.28. The summed E-state index contributed by atoms with van der Waals surface area (Å²) in [5.74, 6) is 0.425. The molecule has 0 aliphatic heterocycles. The molecule has 88 valence electrons. The molecule has 0 bridgehead atoms. The molecule has 5 nitrogen and oxygen atoms in total. The maximum atomic E-state index is 8.87. The first-order valence-electron chi connectivity index (χ1n) is 4.71. The van der Waals surface area contributed by atoms with E-state index in [0.717, 1.165) is 0 Å². The summed E-state index contributed by atoms with van der Waals surface area (Å²) in [5, 5.41) is 29.3. The second-order valence-corrected chi connectivity index (χ2v) is 3.47. The minimum atomic E-state index is -0.286. The molecule has 0 saturated heterocycles. The van der Waals surface area contributed by atoms with Gasteiger partial charge < -0.3 is 10.1 Å². The van der Waals surface area contributed by atoms with Gasteiger partial charge in [0, 0.05) is 11.8 Å². The summed E-state index contributed by atoms with van der Waals surface area (Å²) in [4.78, 5) is 0. The Bertz CT molecular complexity index is 600. The molecule has 0 fully saturated rings. The van der Waals surface area contributed by atoms with E-state index in [9.17, 15) is 0 Å². The number of nitriles is 3. The Morgan fingerprint density at radius 2 is 1.89 bits per heavy atom. The van der Waals surface area contributed by atoms with Crippen molar-refractivity contribution in [3.05, 3.63) is 34.5 Å². The topological polar surface area (TPSA) is 92.6 Å². The highest BCUT2D eigenvalue weighted by Gasteiger charge is 2.08. The van der Waals surface area contributed by atoms with E-state index < -0.39 is 0 Å². The number of nitrogens with one attached hydrogen (secondary N) is 1. The van der Waals surface area contributed by atoms with Gasteiger partial charge in [-0.15, -0.1) is 0 Å². The first kappa shape index (κ1) is 13.4. The third-order valence-corrected chi connectivity index (χ3v) is 2.32. The van der Waals surface area contributed by atoms with Crippen LogP contribution >= 0.6 is 11.6 Å². The standard InChI is InChI=1S/C12H7ClN4O/c1-18-12-4-9(2-3-10(12)13)17-11(7-16)8(5-14)6-15/h2-4,17H,1H3. The minimum absolute atomic E-state index is 0.121. The smallest absolute Gasteiger partial charge is 0.163 e. The van der Waals surface area contributed by atoms with Crippen LogP contribution in [-0.4, -0.2) is 7.11 Å². The van der Waals surface area contributed by atoms with Crippen molar-refractivity contribution in [2.75, 3.05) is 12.4 Å². The van der Waals surface area contributed by atoms with E-state index in [4.69, 9.17) is 32.1 Å². The lowest BCUT2D eigenvalue weighted by atomic mass is 10.2. The second-order valence-electron chi connectivity index (χ2n) is 3.06. The fourth-order valence-electron chi connectivity index (χ4n) is 1.17. The third-order valence-electron chi connectivity index (χ3n) is 2.01. The first-order chi connectivity index (χ1) is 8.65. The number of ether oxygens (including phenoxy) is 1. The van der Waals surface area contributed by atoms with Gasteiger partial charge in [0.15, 0.2) is 5.57 Å². The molecule has 1 aromatic rings. The van der Waals surface area contributed by atoms with Gasteiger partial charge in [-0.3, -0.25) is 0 Å². The third kappa shape index (κ3) is 2.92. The van der Waals surface area contributed by atoms with E-state index in [2.05, 4.69) is 5.32 Å². The van der Waals surface area contributed by atoms with Crippen LogP contribution in [0.15, 0.2) is 29.5 Å². The number of benzene rings is 1. The van der Waals surface area contributed by atoms with Gasteiger partial charge in [-0.25, -0.2) is 0 Å². The van der Waals surface area contributed by atoms with Crippen LogP contribution in [-0.2, 0) is 0 Å². The Labute approximate surface area is 109 Å². The first-order valence-corrected chi connectivity index (χ1v) is 5.09. The van der Waals surface area contributed by atoms with Crippen LogP contribution in [0.4, 0.5) is 5.69 Å². The predicted octanol–water partition coefficient (Wildman–Crippen LogP) is 2.59. The normalized spacial score (nSPS) is 8.39. The van der Waals surface area contributed by atoms with Crippen molar-refractivity contribution >= 4 is 17.3 Å². The SMILES string of the molecule is COc1cc(NC(C#N)=C(C#N)C#N)ccc1Cl.